The lowest BCUT2D eigenvalue weighted by Crippen LogP contribution is -2.55. The Morgan fingerprint density at radius 3 is 2.38 bits per heavy atom. The number of anilines is 2. The Kier molecular flexibility index (Phi) is 3.67. The van der Waals surface area contributed by atoms with Crippen LogP contribution in [0.25, 0.3) is 5.57 Å². The fourth-order valence-electron chi connectivity index (χ4n) is 5.08. The minimum atomic E-state index is -1.07. The van der Waals surface area contributed by atoms with Gasteiger partial charge >= 0.3 is 0 Å². The van der Waals surface area contributed by atoms with Crippen LogP contribution in [0.3, 0.4) is 0 Å². The highest BCUT2D eigenvalue weighted by molar-refractivity contribution is 8.03. The van der Waals surface area contributed by atoms with Gasteiger partial charge in [0.1, 0.15) is 0 Å². The summed E-state index contributed by atoms with van der Waals surface area (Å²) in [5.41, 5.74) is 5.56. The molecule has 0 unspecified atom stereocenters. The highest BCUT2D eigenvalue weighted by Gasteiger charge is 2.65. The van der Waals surface area contributed by atoms with Gasteiger partial charge < -0.3 is 0 Å². The molecule has 5 heteroatoms. The number of para-hydroxylation sites is 1. The molecule has 0 aliphatic carbocycles. The van der Waals surface area contributed by atoms with Crippen LogP contribution in [0.15, 0.2) is 48.5 Å². The van der Waals surface area contributed by atoms with Crippen molar-refractivity contribution in [2.75, 3.05) is 9.80 Å². The van der Waals surface area contributed by atoms with Crippen LogP contribution in [0.1, 0.15) is 44.4 Å². The number of thioether (sulfide) groups is 1. The molecule has 3 aliphatic rings. The maximum absolute atomic E-state index is 14.2. The van der Waals surface area contributed by atoms with Crippen LogP contribution >= 0.6 is 11.8 Å². The van der Waals surface area contributed by atoms with E-state index in [1.165, 1.54) is 17.3 Å². The first kappa shape index (κ1) is 18.5. The molecule has 148 valence electrons. The van der Waals surface area contributed by atoms with Crippen molar-refractivity contribution >= 4 is 40.5 Å². The van der Waals surface area contributed by atoms with E-state index in [1.807, 2.05) is 42.2 Å². The van der Waals surface area contributed by atoms with E-state index in [0.29, 0.717) is 0 Å². The molecule has 0 bridgehead atoms. The van der Waals surface area contributed by atoms with Crippen molar-refractivity contribution in [3.05, 3.63) is 65.2 Å². The van der Waals surface area contributed by atoms with Gasteiger partial charge in [-0.15, -0.1) is 11.8 Å². The summed E-state index contributed by atoms with van der Waals surface area (Å²) in [6.45, 7) is 10.2. The fourth-order valence-corrected chi connectivity index (χ4v) is 6.57. The van der Waals surface area contributed by atoms with Gasteiger partial charge in [-0.1, -0.05) is 30.3 Å². The first-order chi connectivity index (χ1) is 13.7. The van der Waals surface area contributed by atoms with Crippen molar-refractivity contribution in [3.8, 4) is 0 Å². The van der Waals surface area contributed by atoms with Crippen molar-refractivity contribution in [3.63, 3.8) is 0 Å². The largest absolute Gasteiger partial charge is 0.299 e. The van der Waals surface area contributed by atoms with Gasteiger partial charge in [0.2, 0.25) is 10.8 Å². The average Bonchev–Trinajstić information content (AvgIpc) is 3.07. The van der Waals surface area contributed by atoms with Crippen LogP contribution in [0.5, 0.6) is 0 Å². The molecule has 0 N–H and O–H groups in total. The topological polar surface area (TPSA) is 40.6 Å². The standard InChI is InChI=1S/C24H24N2O2S/c1-14-11-18-15(2)13-23(4,5)26-20(18)19(12-14)24(22(26)28)25(21(27)16(3)29-24)17-9-7-6-8-10-17/h6-13,16H,1-5H3/t16-,24-/m1/s1. The van der Waals surface area contributed by atoms with Gasteiger partial charge in [-0.3, -0.25) is 19.4 Å². The third-order valence-electron chi connectivity index (χ3n) is 6.15. The van der Waals surface area contributed by atoms with Gasteiger partial charge in [0.05, 0.1) is 16.5 Å². The molecule has 0 saturated carbocycles. The molecular formula is C24H24N2O2S. The summed E-state index contributed by atoms with van der Waals surface area (Å²) < 4.78 is 0. The van der Waals surface area contributed by atoms with Crippen LogP contribution in [-0.2, 0) is 14.5 Å². The summed E-state index contributed by atoms with van der Waals surface area (Å²) >= 11 is 1.47. The zero-order chi connectivity index (χ0) is 20.7. The summed E-state index contributed by atoms with van der Waals surface area (Å²) in [6, 6.07) is 13.8. The second kappa shape index (κ2) is 5.76. The number of fused-ring (bicyclic) bond motifs is 1. The van der Waals surface area contributed by atoms with Gasteiger partial charge in [0.25, 0.3) is 5.91 Å². The zero-order valence-corrected chi connectivity index (χ0v) is 18.1. The molecule has 3 heterocycles. The number of benzene rings is 2. The minimum Gasteiger partial charge on any atom is -0.299 e. The number of rotatable bonds is 1. The van der Waals surface area contributed by atoms with Crippen LogP contribution in [0, 0.1) is 6.92 Å². The molecule has 2 amide bonds. The predicted molar refractivity (Wildman–Crippen MR) is 119 cm³/mol. The van der Waals surface area contributed by atoms with Gasteiger partial charge in [-0.05, 0) is 64.0 Å². The van der Waals surface area contributed by atoms with Crippen molar-refractivity contribution in [2.45, 2.75) is 50.3 Å². The van der Waals surface area contributed by atoms with Crippen molar-refractivity contribution in [2.24, 2.45) is 0 Å². The first-order valence-electron chi connectivity index (χ1n) is 9.95. The molecule has 3 aliphatic heterocycles. The number of carbonyl (C=O) groups is 2. The van der Waals surface area contributed by atoms with Gasteiger partial charge in [-0.25, -0.2) is 0 Å². The molecule has 1 saturated heterocycles. The van der Waals surface area contributed by atoms with Gasteiger partial charge in [0, 0.05) is 16.8 Å². The van der Waals surface area contributed by atoms with E-state index in [1.54, 1.807) is 4.90 Å². The van der Waals surface area contributed by atoms with E-state index >= 15 is 0 Å². The molecular weight excluding hydrogens is 380 g/mol. The number of allylic oxidation sites excluding steroid dienone is 1. The zero-order valence-electron chi connectivity index (χ0n) is 17.3. The Bertz CT molecular complexity index is 1110. The van der Waals surface area contributed by atoms with E-state index < -0.39 is 10.4 Å². The first-order valence-corrected chi connectivity index (χ1v) is 10.8. The summed E-state index contributed by atoms with van der Waals surface area (Å²) in [7, 11) is 0. The number of carbonyl (C=O) groups excluding carboxylic acids is 2. The number of amides is 2. The van der Waals surface area contributed by atoms with E-state index in [9.17, 15) is 9.59 Å². The van der Waals surface area contributed by atoms with E-state index in [4.69, 9.17) is 0 Å². The third kappa shape index (κ3) is 2.22. The van der Waals surface area contributed by atoms with Crippen LogP contribution in [0.2, 0.25) is 0 Å². The Balaban J connectivity index is 1.86. The van der Waals surface area contributed by atoms with Crippen LogP contribution < -0.4 is 9.80 Å². The summed E-state index contributed by atoms with van der Waals surface area (Å²) in [4.78, 5) is 30.1. The van der Waals surface area contributed by atoms with Crippen LogP contribution in [0.4, 0.5) is 11.4 Å². The molecule has 29 heavy (non-hydrogen) atoms. The molecule has 1 fully saturated rings. The quantitative estimate of drug-likeness (QED) is 0.682. The molecule has 2 aromatic rings. The lowest BCUT2D eigenvalue weighted by Gasteiger charge is -2.40. The number of aryl methyl sites for hydroxylation is 1. The van der Waals surface area contributed by atoms with E-state index in [-0.39, 0.29) is 17.1 Å². The highest BCUT2D eigenvalue weighted by atomic mass is 32.2. The maximum Gasteiger partial charge on any atom is 0.269 e. The van der Waals surface area contributed by atoms with E-state index in [2.05, 4.69) is 45.9 Å². The number of nitrogens with zero attached hydrogens (tertiary/aromatic N) is 2. The molecule has 0 aromatic heterocycles. The van der Waals surface area contributed by atoms with Crippen molar-refractivity contribution in [1.82, 2.24) is 0 Å². The average molecular weight is 405 g/mol. The molecule has 5 rings (SSSR count). The SMILES string of the molecule is CC1=CC(C)(C)N2C(=O)[C@]3(S[C@H](C)C(=O)N3c3ccccc3)c3cc(C)cc1c32. The van der Waals surface area contributed by atoms with Crippen molar-refractivity contribution < 1.29 is 9.59 Å². The fraction of sp³-hybridized carbons (Fsp3) is 0.333. The van der Waals surface area contributed by atoms with Gasteiger partial charge in [0.15, 0.2) is 0 Å². The van der Waals surface area contributed by atoms with Gasteiger partial charge in [-0.2, -0.15) is 0 Å². The third-order valence-corrected chi connectivity index (χ3v) is 7.62. The molecule has 4 nitrogen and oxygen atoms in total. The second-order valence-corrected chi connectivity index (χ2v) is 10.3. The lowest BCUT2D eigenvalue weighted by atomic mass is 9.88. The number of hydrogen-bond acceptors (Lipinski definition) is 3. The minimum absolute atomic E-state index is 0.0212. The monoisotopic (exact) mass is 404 g/mol. The molecule has 2 aromatic carbocycles. The predicted octanol–water partition coefficient (Wildman–Crippen LogP) is 4.86. The normalized spacial score (nSPS) is 26.9. The van der Waals surface area contributed by atoms with E-state index in [0.717, 1.165) is 28.1 Å². The number of hydrogen-bond donors (Lipinski definition) is 0. The highest BCUT2D eigenvalue weighted by Crippen LogP contribution is 2.61. The molecule has 1 spiro atoms. The second-order valence-electron chi connectivity index (χ2n) is 8.74. The van der Waals surface area contributed by atoms with Crippen molar-refractivity contribution in [1.29, 1.82) is 0 Å². The lowest BCUT2D eigenvalue weighted by molar-refractivity contribution is -0.124. The summed E-state index contributed by atoms with van der Waals surface area (Å²) in [5.74, 6) is -0.0493. The van der Waals surface area contributed by atoms with Crippen LogP contribution in [-0.4, -0.2) is 22.6 Å². The Morgan fingerprint density at radius 1 is 1.00 bits per heavy atom. The Hall–Kier alpha value is -2.53. The smallest absolute Gasteiger partial charge is 0.269 e. The molecule has 0 radical (unpaired) electrons. The summed E-state index contributed by atoms with van der Waals surface area (Å²) in [6.07, 6.45) is 2.16. The maximum atomic E-state index is 14.2. The summed E-state index contributed by atoms with van der Waals surface area (Å²) in [5, 5.41) is -0.297. The Morgan fingerprint density at radius 2 is 1.69 bits per heavy atom. The Labute approximate surface area is 175 Å². The molecule has 2 atom stereocenters.